The van der Waals surface area contributed by atoms with Gasteiger partial charge in [0.2, 0.25) is 5.91 Å². The molecule has 0 aromatic heterocycles. The van der Waals surface area contributed by atoms with Gasteiger partial charge in [-0.1, -0.05) is 115 Å². The molecule has 2 amide bonds. The molecule has 1 aliphatic heterocycles. The second-order valence-electron chi connectivity index (χ2n) is 8.03. The van der Waals surface area contributed by atoms with E-state index in [0.29, 0.717) is 35.2 Å². The van der Waals surface area contributed by atoms with Gasteiger partial charge < -0.3 is 4.90 Å². The van der Waals surface area contributed by atoms with Crippen LogP contribution in [0.25, 0.3) is 6.08 Å². The molecule has 6 heteroatoms. The van der Waals surface area contributed by atoms with Crippen LogP contribution in [-0.2, 0) is 16.1 Å². The summed E-state index contributed by atoms with van der Waals surface area (Å²) >= 11 is 6.74. The molecule has 0 unspecified atom stereocenters. The summed E-state index contributed by atoms with van der Waals surface area (Å²) in [4.78, 5) is 30.0. The van der Waals surface area contributed by atoms with E-state index in [4.69, 9.17) is 12.2 Å². The smallest absolute Gasteiger partial charge is 0.266 e. The Labute approximate surface area is 215 Å². The summed E-state index contributed by atoms with van der Waals surface area (Å²) in [5.74, 6) is -0.0822. The molecule has 35 heavy (non-hydrogen) atoms. The molecule has 1 saturated heterocycles. The van der Waals surface area contributed by atoms with Gasteiger partial charge in [-0.3, -0.25) is 14.5 Å². The fourth-order valence-corrected chi connectivity index (χ4v) is 5.00. The summed E-state index contributed by atoms with van der Waals surface area (Å²) < 4.78 is 0.533. The van der Waals surface area contributed by atoms with Crippen molar-refractivity contribution in [3.8, 4) is 0 Å². The molecule has 0 spiro atoms. The molecule has 0 bridgehead atoms. The number of allylic oxidation sites excluding steroid dienone is 2. The highest BCUT2D eigenvalue weighted by Gasteiger charge is 2.31. The molecular weight excluding hydrogens is 472 g/mol. The van der Waals surface area contributed by atoms with Crippen LogP contribution in [0.1, 0.15) is 24.0 Å². The quantitative estimate of drug-likeness (QED) is 0.251. The first kappa shape index (κ1) is 24.6. The van der Waals surface area contributed by atoms with Crippen molar-refractivity contribution in [2.75, 3.05) is 11.4 Å². The number of carbonyl (C=O) groups is 2. The lowest BCUT2D eigenvalue weighted by molar-refractivity contribution is -0.123. The van der Waals surface area contributed by atoms with E-state index in [1.165, 1.54) is 11.8 Å². The first-order valence-corrected chi connectivity index (χ1v) is 12.7. The van der Waals surface area contributed by atoms with E-state index in [0.717, 1.165) is 16.8 Å². The summed E-state index contributed by atoms with van der Waals surface area (Å²) in [5, 5.41) is 0. The van der Waals surface area contributed by atoms with E-state index in [2.05, 4.69) is 0 Å². The predicted octanol–water partition coefficient (Wildman–Crippen LogP) is 6.46. The average molecular weight is 499 g/mol. The molecule has 3 aromatic carbocycles. The van der Waals surface area contributed by atoms with Gasteiger partial charge in [-0.2, -0.15) is 0 Å². The number of thioether (sulfide) groups is 1. The number of anilines is 1. The molecule has 0 saturated carbocycles. The maximum Gasteiger partial charge on any atom is 0.266 e. The normalized spacial score (nSPS) is 14.7. The molecule has 4 nitrogen and oxygen atoms in total. The highest BCUT2D eigenvalue weighted by Crippen LogP contribution is 2.31. The zero-order chi connectivity index (χ0) is 24.5. The lowest BCUT2D eigenvalue weighted by atomic mass is 10.1. The minimum absolute atomic E-state index is 0.0202. The van der Waals surface area contributed by atoms with Crippen LogP contribution >= 0.6 is 24.0 Å². The lowest BCUT2D eigenvalue weighted by Gasteiger charge is -2.24. The average Bonchev–Trinajstić information content (AvgIpc) is 3.16. The predicted molar refractivity (Wildman–Crippen MR) is 149 cm³/mol. The maximum atomic E-state index is 13.2. The molecule has 0 aliphatic carbocycles. The third-order valence-electron chi connectivity index (χ3n) is 5.53. The number of rotatable bonds is 9. The molecule has 0 N–H and O–H groups in total. The monoisotopic (exact) mass is 498 g/mol. The van der Waals surface area contributed by atoms with Gasteiger partial charge in [-0.25, -0.2) is 0 Å². The number of para-hydroxylation sites is 1. The third-order valence-corrected chi connectivity index (χ3v) is 6.93. The van der Waals surface area contributed by atoms with Crippen molar-refractivity contribution in [2.24, 2.45) is 0 Å². The van der Waals surface area contributed by atoms with Crippen LogP contribution in [0.2, 0.25) is 0 Å². The zero-order valence-electron chi connectivity index (χ0n) is 19.2. The van der Waals surface area contributed by atoms with Gasteiger partial charge in [-0.15, -0.1) is 0 Å². The van der Waals surface area contributed by atoms with E-state index in [1.54, 1.807) is 15.9 Å². The molecule has 4 rings (SSSR count). The second-order valence-corrected chi connectivity index (χ2v) is 9.71. The van der Waals surface area contributed by atoms with E-state index < -0.39 is 0 Å². The molecule has 176 valence electrons. The maximum absolute atomic E-state index is 13.2. The van der Waals surface area contributed by atoms with Crippen molar-refractivity contribution in [1.82, 2.24) is 4.90 Å². The highest BCUT2D eigenvalue weighted by molar-refractivity contribution is 8.26. The van der Waals surface area contributed by atoms with Crippen molar-refractivity contribution >= 4 is 51.9 Å². The number of hydrogen-bond donors (Lipinski definition) is 0. The van der Waals surface area contributed by atoms with Gasteiger partial charge in [-0.05, 0) is 35.8 Å². The number of carbonyl (C=O) groups excluding carboxylic acids is 2. The molecule has 1 fully saturated rings. The van der Waals surface area contributed by atoms with Gasteiger partial charge >= 0.3 is 0 Å². The van der Waals surface area contributed by atoms with Crippen molar-refractivity contribution in [2.45, 2.75) is 19.4 Å². The lowest BCUT2D eigenvalue weighted by Crippen LogP contribution is -2.33. The van der Waals surface area contributed by atoms with Crippen LogP contribution < -0.4 is 4.90 Å². The minimum Gasteiger partial charge on any atom is -0.308 e. The number of thiocarbonyl (C=S) groups is 1. The second kappa shape index (κ2) is 12.3. The van der Waals surface area contributed by atoms with Crippen molar-refractivity contribution < 1.29 is 9.59 Å². The molecule has 1 heterocycles. The third kappa shape index (κ3) is 6.78. The topological polar surface area (TPSA) is 40.6 Å². The minimum atomic E-state index is -0.102. The Balaban J connectivity index is 1.35. The molecule has 0 atom stereocenters. The Morgan fingerprint density at radius 2 is 1.54 bits per heavy atom. The molecule has 1 aliphatic rings. The number of amides is 2. The Morgan fingerprint density at radius 1 is 0.914 bits per heavy atom. The van der Waals surface area contributed by atoms with Crippen LogP contribution in [0.15, 0.2) is 108 Å². The summed E-state index contributed by atoms with van der Waals surface area (Å²) in [6.07, 6.45) is 6.49. The van der Waals surface area contributed by atoms with Gasteiger partial charge in [0.25, 0.3) is 5.91 Å². The zero-order valence-corrected chi connectivity index (χ0v) is 20.9. The summed E-state index contributed by atoms with van der Waals surface area (Å²) in [6.45, 7) is 0.922. The summed E-state index contributed by atoms with van der Waals surface area (Å²) in [6, 6.07) is 29.5. The molecule has 3 aromatic rings. The number of benzene rings is 3. The van der Waals surface area contributed by atoms with Crippen molar-refractivity contribution in [1.29, 1.82) is 0 Å². The van der Waals surface area contributed by atoms with Gasteiger partial charge in [0.1, 0.15) is 4.32 Å². The van der Waals surface area contributed by atoms with E-state index in [-0.39, 0.29) is 11.8 Å². The Bertz CT molecular complexity index is 1230. The summed E-state index contributed by atoms with van der Waals surface area (Å²) in [5.41, 5.74) is 2.99. The molecular formula is C29H26N2O2S2. The van der Waals surface area contributed by atoms with Crippen LogP contribution in [0, 0.1) is 0 Å². The Hall–Kier alpha value is -3.48. The number of hydrogen-bond acceptors (Lipinski definition) is 4. The SMILES string of the molecule is O=C1C(=CC=Cc2ccccc2)SC(=S)N1CCCC(=O)N(Cc1ccccc1)c1ccccc1. The fourth-order valence-electron chi connectivity index (χ4n) is 3.74. The van der Waals surface area contributed by atoms with Gasteiger partial charge in [0, 0.05) is 18.7 Å². The van der Waals surface area contributed by atoms with E-state index in [1.807, 2.05) is 103 Å². The molecule has 0 radical (unpaired) electrons. The van der Waals surface area contributed by atoms with Crippen LogP contribution in [0.3, 0.4) is 0 Å². The largest absolute Gasteiger partial charge is 0.308 e. The van der Waals surface area contributed by atoms with Gasteiger partial charge in [0.15, 0.2) is 0 Å². The van der Waals surface area contributed by atoms with Crippen LogP contribution in [-0.4, -0.2) is 27.6 Å². The fraction of sp³-hybridized carbons (Fsp3) is 0.138. The Morgan fingerprint density at radius 3 is 2.23 bits per heavy atom. The van der Waals surface area contributed by atoms with Crippen LogP contribution in [0.4, 0.5) is 5.69 Å². The van der Waals surface area contributed by atoms with Gasteiger partial charge in [0.05, 0.1) is 11.4 Å². The van der Waals surface area contributed by atoms with Crippen LogP contribution in [0.5, 0.6) is 0 Å². The standard InChI is InChI=1S/C29H26N2O2S2/c32-27(31(25-17-8-3-9-18-25)22-24-14-6-2-7-15-24)20-11-21-30-28(33)26(35-29(30)34)19-10-16-23-12-4-1-5-13-23/h1-10,12-19H,11,20-22H2. The van der Waals surface area contributed by atoms with E-state index >= 15 is 0 Å². The summed E-state index contributed by atoms with van der Waals surface area (Å²) in [7, 11) is 0. The Kier molecular flexibility index (Phi) is 8.65. The van der Waals surface area contributed by atoms with Crippen molar-refractivity contribution in [3.05, 3.63) is 119 Å². The number of nitrogens with zero attached hydrogens (tertiary/aromatic N) is 2. The van der Waals surface area contributed by atoms with Crippen molar-refractivity contribution in [3.63, 3.8) is 0 Å². The highest BCUT2D eigenvalue weighted by atomic mass is 32.2. The van der Waals surface area contributed by atoms with E-state index in [9.17, 15) is 9.59 Å². The first-order valence-electron chi connectivity index (χ1n) is 11.5. The first-order chi connectivity index (χ1) is 17.1.